The quantitative estimate of drug-likeness (QED) is 0.676. The van der Waals surface area contributed by atoms with Gasteiger partial charge in [0, 0.05) is 12.2 Å². The molecule has 0 saturated carbocycles. The van der Waals surface area contributed by atoms with Gasteiger partial charge in [-0.25, -0.2) is 4.79 Å². The van der Waals surface area contributed by atoms with Gasteiger partial charge in [0.2, 0.25) is 0 Å². The lowest BCUT2D eigenvalue weighted by molar-refractivity contribution is 0.0695. The van der Waals surface area contributed by atoms with Gasteiger partial charge in [-0.05, 0) is 55.4 Å². The van der Waals surface area contributed by atoms with Gasteiger partial charge in [-0.2, -0.15) is 0 Å². The summed E-state index contributed by atoms with van der Waals surface area (Å²) in [5.41, 5.74) is 1.56. The highest BCUT2D eigenvalue weighted by molar-refractivity contribution is 6.06. The topological polar surface area (TPSA) is 89.9 Å². The molecule has 0 unspecified atom stereocenters. The van der Waals surface area contributed by atoms with Gasteiger partial charge in [-0.1, -0.05) is 26.0 Å². The summed E-state index contributed by atoms with van der Waals surface area (Å²) in [6.45, 7) is 6.64. The molecule has 0 spiro atoms. The molecule has 2 aromatic carbocycles. The summed E-state index contributed by atoms with van der Waals surface area (Å²) in [6, 6.07) is 11.0. The number of rotatable bonds is 8. The third-order valence-electron chi connectivity index (χ3n) is 4.33. The molecule has 0 aromatic heterocycles. The monoisotopic (exact) mass is 356 g/mol. The van der Waals surface area contributed by atoms with Crippen molar-refractivity contribution in [3.8, 4) is 5.75 Å². The number of phenols is 1. The number of para-hydroxylation sites is 1. The fourth-order valence-corrected chi connectivity index (χ4v) is 2.77. The first kappa shape index (κ1) is 19.5. The maximum absolute atomic E-state index is 12.3. The van der Waals surface area contributed by atoms with Crippen LogP contribution >= 0.6 is 0 Å². The maximum atomic E-state index is 12.3. The Morgan fingerprint density at radius 2 is 1.73 bits per heavy atom. The SMILES string of the molecule is CCN(CC)CCc1cc(NC(=O)c2ccccc2O)ccc1C(=O)O. The molecule has 0 bridgehead atoms. The second kappa shape index (κ2) is 9.01. The number of hydrogen-bond donors (Lipinski definition) is 3. The molecule has 0 fully saturated rings. The van der Waals surface area contributed by atoms with Gasteiger partial charge in [-0.15, -0.1) is 0 Å². The second-order valence-corrected chi connectivity index (χ2v) is 5.93. The average Bonchev–Trinajstić information content (AvgIpc) is 2.62. The van der Waals surface area contributed by atoms with Gasteiger partial charge in [0.25, 0.3) is 5.91 Å². The van der Waals surface area contributed by atoms with Crippen LogP contribution in [0.1, 0.15) is 40.1 Å². The van der Waals surface area contributed by atoms with E-state index in [1.54, 1.807) is 24.3 Å². The van der Waals surface area contributed by atoms with Crippen molar-refractivity contribution >= 4 is 17.6 Å². The van der Waals surface area contributed by atoms with Crippen LogP contribution in [0.2, 0.25) is 0 Å². The van der Waals surface area contributed by atoms with Crippen LogP contribution in [-0.2, 0) is 6.42 Å². The molecular formula is C20H24N2O4. The molecule has 26 heavy (non-hydrogen) atoms. The Kier molecular flexibility index (Phi) is 6.74. The maximum Gasteiger partial charge on any atom is 0.335 e. The number of nitrogens with one attached hydrogen (secondary N) is 1. The lowest BCUT2D eigenvalue weighted by Crippen LogP contribution is -2.26. The highest BCUT2D eigenvalue weighted by atomic mass is 16.4. The van der Waals surface area contributed by atoms with Crippen molar-refractivity contribution in [1.29, 1.82) is 0 Å². The number of carboxylic acid groups (broad SMARTS) is 1. The van der Waals surface area contributed by atoms with Crippen molar-refractivity contribution < 1.29 is 19.8 Å². The van der Waals surface area contributed by atoms with Crippen LogP contribution in [0.3, 0.4) is 0 Å². The molecule has 0 radical (unpaired) electrons. The van der Waals surface area contributed by atoms with Crippen molar-refractivity contribution in [1.82, 2.24) is 4.90 Å². The summed E-state index contributed by atoms with van der Waals surface area (Å²) in [4.78, 5) is 26.0. The molecule has 2 rings (SSSR count). The molecular weight excluding hydrogens is 332 g/mol. The zero-order valence-electron chi connectivity index (χ0n) is 15.0. The molecule has 0 atom stereocenters. The van der Waals surface area contributed by atoms with Gasteiger partial charge in [0.1, 0.15) is 5.75 Å². The molecule has 3 N–H and O–H groups in total. The molecule has 1 amide bonds. The van der Waals surface area contributed by atoms with E-state index in [1.165, 1.54) is 18.2 Å². The van der Waals surface area contributed by atoms with Crippen molar-refractivity contribution in [2.24, 2.45) is 0 Å². The Labute approximate surface area is 153 Å². The first-order valence-corrected chi connectivity index (χ1v) is 8.64. The van der Waals surface area contributed by atoms with E-state index in [0.717, 1.165) is 19.6 Å². The number of amides is 1. The van der Waals surface area contributed by atoms with Crippen LogP contribution in [0.25, 0.3) is 0 Å². The van der Waals surface area contributed by atoms with Crippen LogP contribution in [0, 0.1) is 0 Å². The van der Waals surface area contributed by atoms with E-state index in [0.29, 0.717) is 17.7 Å². The summed E-state index contributed by atoms with van der Waals surface area (Å²) in [7, 11) is 0. The van der Waals surface area contributed by atoms with Crippen LogP contribution < -0.4 is 5.32 Å². The van der Waals surface area contributed by atoms with Crippen molar-refractivity contribution in [3.63, 3.8) is 0 Å². The lowest BCUT2D eigenvalue weighted by atomic mass is 10.0. The number of benzene rings is 2. The Hall–Kier alpha value is -2.86. The van der Waals surface area contributed by atoms with E-state index in [9.17, 15) is 19.8 Å². The minimum atomic E-state index is -0.988. The van der Waals surface area contributed by atoms with Gasteiger partial charge in [0.15, 0.2) is 0 Å². The number of phenolic OH excluding ortho intramolecular Hbond substituents is 1. The van der Waals surface area contributed by atoms with Crippen molar-refractivity contribution in [2.45, 2.75) is 20.3 Å². The van der Waals surface area contributed by atoms with E-state index < -0.39 is 11.9 Å². The standard InChI is InChI=1S/C20H24N2O4/c1-3-22(4-2)12-11-14-13-15(9-10-16(14)20(25)26)21-19(24)17-7-5-6-8-18(17)23/h5-10,13,23H,3-4,11-12H2,1-2H3,(H,21,24)(H,25,26). The number of likely N-dealkylation sites (N-methyl/N-ethyl adjacent to an activating group) is 1. The zero-order chi connectivity index (χ0) is 19.1. The molecule has 0 heterocycles. The molecule has 138 valence electrons. The van der Waals surface area contributed by atoms with Crippen LogP contribution in [0.15, 0.2) is 42.5 Å². The van der Waals surface area contributed by atoms with Crippen molar-refractivity contribution in [3.05, 3.63) is 59.2 Å². The van der Waals surface area contributed by atoms with Gasteiger partial charge in [0.05, 0.1) is 11.1 Å². The molecule has 6 heteroatoms. The average molecular weight is 356 g/mol. The highest BCUT2D eigenvalue weighted by Gasteiger charge is 2.15. The van der Waals surface area contributed by atoms with Gasteiger partial charge >= 0.3 is 5.97 Å². The predicted octanol–water partition coefficient (Wildman–Crippen LogP) is 3.23. The minimum Gasteiger partial charge on any atom is -0.507 e. The number of aromatic carboxylic acids is 1. The highest BCUT2D eigenvalue weighted by Crippen LogP contribution is 2.21. The van der Waals surface area contributed by atoms with Crippen LogP contribution in [0.5, 0.6) is 5.75 Å². The first-order chi connectivity index (χ1) is 12.5. The predicted molar refractivity (Wildman–Crippen MR) is 101 cm³/mol. The number of hydrogen-bond acceptors (Lipinski definition) is 4. The molecule has 0 aliphatic rings. The number of aromatic hydroxyl groups is 1. The first-order valence-electron chi connectivity index (χ1n) is 8.64. The zero-order valence-corrected chi connectivity index (χ0v) is 15.0. The van der Waals surface area contributed by atoms with Gasteiger partial charge in [-0.3, -0.25) is 4.79 Å². The van der Waals surface area contributed by atoms with E-state index >= 15 is 0 Å². The van der Waals surface area contributed by atoms with Crippen LogP contribution in [0.4, 0.5) is 5.69 Å². The van der Waals surface area contributed by atoms with E-state index in [2.05, 4.69) is 24.1 Å². The second-order valence-electron chi connectivity index (χ2n) is 5.93. The summed E-state index contributed by atoms with van der Waals surface area (Å²) < 4.78 is 0. The smallest absolute Gasteiger partial charge is 0.335 e. The van der Waals surface area contributed by atoms with Gasteiger partial charge < -0.3 is 20.4 Å². The summed E-state index contributed by atoms with van der Waals surface area (Å²) >= 11 is 0. The molecule has 6 nitrogen and oxygen atoms in total. The molecule has 2 aromatic rings. The largest absolute Gasteiger partial charge is 0.507 e. The normalized spacial score (nSPS) is 10.7. The fraction of sp³-hybridized carbons (Fsp3) is 0.300. The number of anilines is 1. The molecule has 0 aliphatic heterocycles. The Morgan fingerprint density at radius 3 is 2.35 bits per heavy atom. The Balaban J connectivity index is 2.22. The fourth-order valence-electron chi connectivity index (χ4n) is 2.77. The van der Waals surface area contributed by atoms with E-state index in [-0.39, 0.29) is 16.9 Å². The summed E-state index contributed by atoms with van der Waals surface area (Å²) in [5.74, 6) is -1.53. The third kappa shape index (κ3) is 4.83. The number of nitrogens with zero attached hydrogens (tertiary/aromatic N) is 1. The Morgan fingerprint density at radius 1 is 1.04 bits per heavy atom. The number of carbonyl (C=O) groups is 2. The van der Waals surface area contributed by atoms with Crippen LogP contribution in [-0.4, -0.2) is 46.6 Å². The minimum absolute atomic E-state index is 0.103. The molecule has 0 saturated heterocycles. The summed E-state index contributed by atoms with van der Waals surface area (Å²) in [5, 5.41) is 21.9. The summed E-state index contributed by atoms with van der Waals surface area (Å²) in [6.07, 6.45) is 0.573. The van der Waals surface area contributed by atoms with Crippen molar-refractivity contribution in [2.75, 3.05) is 25.0 Å². The van der Waals surface area contributed by atoms with E-state index in [4.69, 9.17) is 0 Å². The number of carboxylic acids is 1. The third-order valence-corrected chi connectivity index (χ3v) is 4.33. The Bertz CT molecular complexity index is 785. The molecule has 0 aliphatic carbocycles. The number of carbonyl (C=O) groups excluding carboxylic acids is 1. The lowest BCUT2D eigenvalue weighted by Gasteiger charge is -2.19. The van der Waals surface area contributed by atoms with E-state index in [1.807, 2.05) is 0 Å².